The molecule has 4 aromatic carbocycles. The standard InChI is InChI=1S/C39H40O4S2/c1-8-12-33(26(2)44)36(40)42-31-21-17-27(18-22-31)38(3,4)29-13-11-14-30(25-29)39(5,6)28-19-23-32(24-20-28)43-37(41)34-15-9-10-16-35(34)45-7/h8-25,44H,1-7H3/b12-8-,33-26-. The number of carbonyl (C=O) groups excluding carboxylic acids is 2. The second-order valence-electron chi connectivity index (χ2n) is 11.9. The zero-order valence-electron chi connectivity index (χ0n) is 26.9. The van der Waals surface area contributed by atoms with E-state index < -0.39 is 5.97 Å². The smallest absolute Gasteiger partial charge is 0.344 e. The molecule has 0 atom stereocenters. The van der Waals surface area contributed by atoms with Crippen molar-refractivity contribution in [3.8, 4) is 11.5 Å². The molecule has 4 rings (SSSR count). The van der Waals surface area contributed by atoms with Gasteiger partial charge in [-0.15, -0.1) is 24.4 Å². The second-order valence-corrected chi connectivity index (χ2v) is 13.4. The van der Waals surface area contributed by atoms with Crippen molar-refractivity contribution in [1.82, 2.24) is 0 Å². The monoisotopic (exact) mass is 636 g/mol. The van der Waals surface area contributed by atoms with Gasteiger partial charge in [0.15, 0.2) is 0 Å². The van der Waals surface area contributed by atoms with E-state index >= 15 is 0 Å². The Labute approximate surface area is 277 Å². The van der Waals surface area contributed by atoms with Crippen LogP contribution < -0.4 is 9.47 Å². The van der Waals surface area contributed by atoms with Gasteiger partial charge in [0.25, 0.3) is 0 Å². The first-order valence-electron chi connectivity index (χ1n) is 14.8. The lowest BCUT2D eigenvalue weighted by Gasteiger charge is -2.31. The fourth-order valence-corrected chi connectivity index (χ4v) is 5.90. The quantitative estimate of drug-likeness (QED) is 0.0469. The van der Waals surface area contributed by atoms with Crippen molar-refractivity contribution < 1.29 is 19.1 Å². The van der Waals surface area contributed by atoms with Gasteiger partial charge in [-0.25, -0.2) is 9.59 Å². The first-order valence-corrected chi connectivity index (χ1v) is 16.5. The number of thioether (sulfide) groups is 1. The summed E-state index contributed by atoms with van der Waals surface area (Å²) in [7, 11) is 0. The van der Waals surface area contributed by atoms with Crippen LogP contribution >= 0.6 is 24.4 Å². The molecule has 0 aliphatic heterocycles. The molecule has 6 heteroatoms. The van der Waals surface area contributed by atoms with Crippen LogP contribution in [0.2, 0.25) is 0 Å². The number of hydrogen-bond acceptors (Lipinski definition) is 6. The summed E-state index contributed by atoms with van der Waals surface area (Å²) in [6.07, 6.45) is 5.43. The van der Waals surface area contributed by atoms with Crippen molar-refractivity contribution >= 4 is 36.3 Å². The SMILES string of the molecule is C/C=C\C(C(=O)Oc1ccc(C(C)(C)c2cccc(C(C)(C)c3ccc(OC(=O)c4ccccc4SC)cc3)c2)cc1)=C(/C)S. The van der Waals surface area contributed by atoms with Gasteiger partial charge in [-0.2, -0.15) is 0 Å². The molecule has 0 aliphatic rings. The van der Waals surface area contributed by atoms with E-state index in [2.05, 4.69) is 64.6 Å². The number of thiol groups is 1. The summed E-state index contributed by atoms with van der Waals surface area (Å²) >= 11 is 5.84. The maximum Gasteiger partial charge on any atom is 0.344 e. The predicted octanol–water partition coefficient (Wildman–Crippen LogP) is 9.96. The molecule has 0 spiro atoms. The van der Waals surface area contributed by atoms with Crippen LogP contribution in [0.5, 0.6) is 11.5 Å². The van der Waals surface area contributed by atoms with Gasteiger partial charge in [-0.3, -0.25) is 0 Å². The Morgan fingerprint density at radius 2 is 1.22 bits per heavy atom. The van der Waals surface area contributed by atoms with Gasteiger partial charge in [0.05, 0.1) is 11.1 Å². The lowest BCUT2D eigenvalue weighted by molar-refractivity contribution is -0.129. The Balaban J connectivity index is 1.52. The van der Waals surface area contributed by atoms with Crippen LogP contribution in [0.4, 0.5) is 0 Å². The average molecular weight is 637 g/mol. The number of allylic oxidation sites excluding steroid dienone is 2. The molecule has 0 saturated heterocycles. The van der Waals surface area contributed by atoms with Crippen LogP contribution in [0, 0.1) is 0 Å². The minimum absolute atomic E-state index is 0.304. The first-order chi connectivity index (χ1) is 21.4. The third kappa shape index (κ3) is 7.81. The molecule has 0 aliphatic carbocycles. The fraction of sp³-hybridized carbons (Fsp3) is 0.231. The minimum Gasteiger partial charge on any atom is -0.423 e. The third-order valence-electron chi connectivity index (χ3n) is 8.15. The molecule has 0 fully saturated rings. The van der Waals surface area contributed by atoms with Gasteiger partial charge in [0, 0.05) is 15.7 Å². The molecule has 45 heavy (non-hydrogen) atoms. The van der Waals surface area contributed by atoms with E-state index in [-0.39, 0.29) is 16.8 Å². The second kappa shape index (κ2) is 14.4. The van der Waals surface area contributed by atoms with Gasteiger partial charge in [0.1, 0.15) is 11.5 Å². The summed E-state index contributed by atoms with van der Waals surface area (Å²) in [6, 6.07) is 31.5. The van der Waals surface area contributed by atoms with Gasteiger partial charge in [-0.1, -0.05) is 101 Å². The Bertz CT molecular complexity index is 1730. The lowest BCUT2D eigenvalue weighted by atomic mass is 9.73. The minimum atomic E-state index is -0.435. The van der Waals surface area contributed by atoms with Crippen LogP contribution in [-0.4, -0.2) is 18.2 Å². The molecule has 232 valence electrons. The molecule has 0 saturated carbocycles. The molecule has 4 aromatic rings. The molecule has 0 heterocycles. The molecule has 0 amide bonds. The highest BCUT2D eigenvalue weighted by molar-refractivity contribution is 7.98. The summed E-state index contributed by atoms with van der Waals surface area (Å²) in [6.45, 7) is 12.4. The number of ether oxygens (including phenoxy) is 2. The van der Waals surface area contributed by atoms with E-state index in [1.165, 1.54) is 22.9 Å². The van der Waals surface area contributed by atoms with Crippen molar-refractivity contribution in [1.29, 1.82) is 0 Å². The highest BCUT2D eigenvalue weighted by Crippen LogP contribution is 2.38. The van der Waals surface area contributed by atoms with Crippen molar-refractivity contribution in [2.24, 2.45) is 0 Å². The van der Waals surface area contributed by atoms with Crippen molar-refractivity contribution in [3.63, 3.8) is 0 Å². The molecule has 0 N–H and O–H groups in total. The molecular weight excluding hydrogens is 597 g/mol. The molecule has 4 nitrogen and oxygen atoms in total. The highest BCUT2D eigenvalue weighted by Gasteiger charge is 2.28. The average Bonchev–Trinajstić information content (AvgIpc) is 3.04. The molecule has 0 bridgehead atoms. The lowest BCUT2D eigenvalue weighted by Crippen LogP contribution is -2.23. The van der Waals surface area contributed by atoms with Crippen molar-refractivity contribution in [3.05, 3.63) is 148 Å². The normalized spacial score (nSPS) is 12.5. The Hall–Kier alpha value is -4.00. The van der Waals surface area contributed by atoms with E-state index in [0.717, 1.165) is 16.0 Å². The zero-order chi connectivity index (χ0) is 32.8. The number of benzene rings is 4. The van der Waals surface area contributed by atoms with Crippen molar-refractivity contribution in [2.75, 3.05) is 6.26 Å². The predicted molar refractivity (Wildman–Crippen MR) is 189 cm³/mol. The van der Waals surface area contributed by atoms with Crippen LogP contribution in [-0.2, 0) is 15.6 Å². The largest absolute Gasteiger partial charge is 0.423 e. The van der Waals surface area contributed by atoms with Gasteiger partial charge in [0.2, 0.25) is 0 Å². The number of hydrogen-bond donors (Lipinski definition) is 1. The van der Waals surface area contributed by atoms with Crippen LogP contribution in [0.1, 0.15) is 74.2 Å². The van der Waals surface area contributed by atoms with E-state index in [0.29, 0.717) is 27.5 Å². The molecule has 0 aromatic heterocycles. The maximum absolute atomic E-state index is 12.8. The summed E-state index contributed by atoms with van der Waals surface area (Å²) in [5, 5.41) is 0. The van der Waals surface area contributed by atoms with Crippen LogP contribution in [0.25, 0.3) is 0 Å². The topological polar surface area (TPSA) is 52.6 Å². The summed E-state index contributed by atoms with van der Waals surface area (Å²) < 4.78 is 11.3. The van der Waals surface area contributed by atoms with Gasteiger partial charge >= 0.3 is 11.9 Å². The van der Waals surface area contributed by atoms with E-state index in [4.69, 9.17) is 9.47 Å². The maximum atomic E-state index is 12.8. The first kappa shape index (κ1) is 33.9. The Kier molecular flexibility index (Phi) is 10.8. The number of rotatable bonds is 10. The zero-order valence-corrected chi connectivity index (χ0v) is 28.6. The Morgan fingerprint density at radius 1 is 0.711 bits per heavy atom. The van der Waals surface area contributed by atoms with E-state index in [1.54, 1.807) is 25.1 Å². The Morgan fingerprint density at radius 3 is 1.71 bits per heavy atom. The molecular formula is C39H40O4S2. The fourth-order valence-electron chi connectivity index (χ4n) is 5.15. The van der Waals surface area contributed by atoms with Crippen molar-refractivity contribution in [2.45, 2.75) is 57.3 Å². The van der Waals surface area contributed by atoms with Gasteiger partial charge < -0.3 is 9.47 Å². The van der Waals surface area contributed by atoms with Crippen LogP contribution in [0.15, 0.2) is 125 Å². The number of esters is 2. The molecule has 0 radical (unpaired) electrons. The van der Waals surface area contributed by atoms with E-state index in [9.17, 15) is 9.59 Å². The van der Waals surface area contributed by atoms with Crippen LogP contribution in [0.3, 0.4) is 0 Å². The third-order valence-corrected chi connectivity index (χ3v) is 9.19. The number of carbonyl (C=O) groups is 2. The summed E-state index contributed by atoms with van der Waals surface area (Å²) in [5.74, 6) is 0.189. The highest BCUT2D eigenvalue weighted by atomic mass is 32.2. The summed E-state index contributed by atoms with van der Waals surface area (Å²) in [4.78, 5) is 27.0. The van der Waals surface area contributed by atoms with E-state index in [1.807, 2.05) is 79.9 Å². The molecule has 0 unspecified atom stereocenters. The van der Waals surface area contributed by atoms with Gasteiger partial charge in [-0.05, 0) is 83.7 Å². The summed E-state index contributed by atoms with van der Waals surface area (Å²) in [5.41, 5.74) is 4.92.